The predicted octanol–water partition coefficient (Wildman–Crippen LogP) is 2.02. The molecule has 160 valence electrons. The van der Waals surface area contributed by atoms with Gasteiger partial charge in [-0.25, -0.2) is 14.4 Å². The van der Waals surface area contributed by atoms with E-state index in [1.54, 1.807) is 19.3 Å². The number of aromatic nitrogens is 6. The predicted molar refractivity (Wildman–Crippen MR) is 112 cm³/mol. The van der Waals surface area contributed by atoms with E-state index >= 15 is 0 Å². The average molecular weight is 422 g/mol. The molecular formula is C21H23FN8O. The number of carbonyl (C=O) groups excluding carboxylic acids is 1. The lowest BCUT2D eigenvalue weighted by molar-refractivity contribution is 0.0710. The van der Waals surface area contributed by atoms with Gasteiger partial charge in [0, 0.05) is 37.1 Å². The summed E-state index contributed by atoms with van der Waals surface area (Å²) < 4.78 is 17.8. The first-order valence-corrected chi connectivity index (χ1v) is 10.2. The van der Waals surface area contributed by atoms with Crippen molar-refractivity contribution in [3.63, 3.8) is 0 Å². The van der Waals surface area contributed by atoms with Crippen LogP contribution in [0, 0.1) is 19.7 Å². The number of hydrogen-bond acceptors (Lipinski definition) is 6. The SMILES string of the molecule is Cc1nc2c(C)cc(-c3cc(F)c4nc(C(=O)NC5CN(C(C)C)C5)cn4c3)nn2n1. The Kier molecular flexibility index (Phi) is 4.47. The zero-order valence-electron chi connectivity index (χ0n) is 17.8. The molecule has 1 amide bonds. The molecule has 1 fully saturated rings. The van der Waals surface area contributed by atoms with Crippen LogP contribution in [0.25, 0.3) is 22.6 Å². The summed E-state index contributed by atoms with van der Waals surface area (Å²) in [6, 6.07) is 3.75. The molecule has 1 saturated heterocycles. The maximum Gasteiger partial charge on any atom is 0.271 e. The molecule has 0 saturated carbocycles. The highest BCUT2D eigenvalue weighted by molar-refractivity contribution is 5.93. The van der Waals surface area contributed by atoms with Gasteiger partial charge in [0.2, 0.25) is 0 Å². The standard InChI is InChI=1S/C21H23FN8O/c1-11(2)28-8-15(9-28)24-21(31)18-10-29-7-14(6-16(22)20(29)25-18)17-5-12(3)19-23-13(4)26-30(19)27-17/h5-7,10-11,15H,8-9H2,1-4H3,(H,24,31). The minimum Gasteiger partial charge on any atom is -0.345 e. The van der Waals surface area contributed by atoms with Gasteiger partial charge in [-0.3, -0.25) is 9.69 Å². The molecule has 0 aliphatic carbocycles. The molecule has 1 N–H and O–H groups in total. The van der Waals surface area contributed by atoms with Crippen LogP contribution in [0.1, 0.15) is 35.7 Å². The summed E-state index contributed by atoms with van der Waals surface area (Å²) in [4.78, 5) is 23.4. The second kappa shape index (κ2) is 7.09. The molecule has 0 aromatic carbocycles. The first-order chi connectivity index (χ1) is 14.8. The summed E-state index contributed by atoms with van der Waals surface area (Å²) >= 11 is 0. The van der Waals surface area contributed by atoms with E-state index < -0.39 is 5.82 Å². The van der Waals surface area contributed by atoms with Gasteiger partial charge in [-0.05, 0) is 45.4 Å². The molecule has 31 heavy (non-hydrogen) atoms. The van der Waals surface area contributed by atoms with Crippen LogP contribution in [0.2, 0.25) is 0 Å². The number of pyridine rings is 1. The van der Waals surface area contributed by atoms with Crippen molar-refractivity contribution in [3.8, 4) is 11.3 Å². The van der Waals surface area contributed by atoms with E-state index in [1.807, 2.05) is 13.0 Å². The fourth-order valence-electron chi connectivity index (χ4n) is 3.85. The Hall–Kier alpha value is -3.40. The number of halogens is 1. The summed E-state index contributed by atoms with van der Waals surface area (Å²) in [5.41, 5.74) is 2.94. The zero-order valence-corrected chi connectivity index (χ0v) is 17.8. The molecule has 0 spiro atoms. The van der Waals surface area contributed by atoms with Gasteiger partial charge in [-0.2, -0.15) is 0 Å². The summed E-state index contributed by atoms with van der Waals surface area (Å²) in [5, 5.41) is 11.7. The number of nitrogens with zero attached hydrogens (tertiary/aromatic N) is 7. The molecule has 10 heteroatoms. The Bertz CT molecular complexity index is 1320. The number of imidazole rings is 1. The minimum atomic E-state index is -0.527. The third-order valence-corrected chi connectivity index (χ3v) is 5.61. The van der Waals surface area contributed by atoms with Crippen molar-refractivity contribution >= 4 is 17.2 Å². The van der Waals surface area contributed by atoms with Crippen molar-refractivity contribution in [3.05, 3.63) is 47.4 Å². The number of rotatable bonds is 4. The fourth-order valence-corrected chi connectivity index (χ4v) is 3.85. The van der Waals surface area contributed by atoms with E-state index in [0.29, 0.717) is 28.8 Å². The number of likely N-dealkylation sites (tertiary alicyclic amines) is 1. The van der Waals surface area contributed by atoms with Gasteiger partial charge in [0.05, 0.1) is 11.7 Å². The third-order valence-electron chi connectivity index (χ3n) is 5.61. The van der Waals surface area contributed by atoms with Crippen molar-refractivity contribution in [2.24, 2.45) is 0 Å². The number of fused-ring (bicyclic) bond motifs is 2. The molecule has 0 unspecified atom stereocenters. The van der Waals surface area contributed by atoms with Crippen LogP contribution in [-0.2, 0) is 0 Å². The van der Waals surface area contributed by atoms with E-state index in [1.165, 1.54) is 15.1 Å². The zero-order chi connectivity index (χ0) is 21.9. The third kappa shape index (κ3) is 3.42. The molecule has 0 atom stereocenters. The van der Waals surface area contributed by atoms with Crippen LogP contribution in [0.5, 0.6) is 0 Å². The maximum atomic E-state index is 14.8. The highest BCUT2D eigenvalue weighted by Crippen LogP contribution is 2.23. The second-order valence-corrected chi connectivity index (χ2v) is 8.34. The summed E-state index contributed by atoms with van der Waals surface area (Å²) in [7, 11) is 0. The van der Waals surface area contributed by atoms with E-state index in [0.717, 1.165) is 18.7 Å². The number of nitrogens with one attached hydrogen (secondary N) is 1. The van der Waals surface area contributed by atoms with Crippen LogP contribution >= 0.6 is 0 Å². The molecule has 5 rings (SSSR count). The Morgan fingerprint density at radius 1 is 1.13 bits per heavy atom. The van der Waals surface area contributed by atoms with Crippen molar-refractivity contribution in [1.29, 1.82) is 0 Å². The highest BCUT2D eigenvalue weighted by atomic mass is 19.1. The Morgan fingerprint density at radius 2 is 1.90 bits per heavy atom. The molecule has 4 aromatic heterocycles. The van der Waals surface area contributed by atoms with E-state index in [9.17, 15) is 9.18 Å². The topological polar surface area (TPSA) is 92.7 Å². The van der Waals surface area contributed by atoms with Crippen LogP contribution in [0.4, 0.5) is 4.39 Å². The van der Waals surface area contributed by atoms with E-state index in [-0.39, 0.29) is 23.3 Å². The largest absolute Gasteiger partial charge is 0.345 e. The first-order valence-electron chi connectivity index (χ1n) is 10.2. The lowest BCUT2D eigenvalue weighted by atomic mass is 10.1. The maximum absolute atomic E-state index is 14.8. The summed E-state index contributed by atoms with van der Waals surface area (Å²) in [5.74, 6) is -0.213. The second-order valence-electron chi connectivity index (χ2n) is 8.34. The van der Waals surface area contributed by atoms with Crippen molar-refractivity contribution in [2.75, 3.05) is 13.1 Å². The summed E-state index contributed by atoms with van der Waals surface area (Å²) in [6.45, 7) is 9.57. The fraction of sp³-hybridized carbons (Fsp3) is 0.381. The monoisotopic (exact) mass is 422 g/mol. The number of hydrogen-bond donors (Lipinski definition) is 1. The molecule has 1 aliphatic heterocycles. The van der Waals surface area contributed by atoms with Crippen molar-refractivity contribution in [2.45, 2.75) is 39.8 Å². The van der Waals surface area contributed by atoms with Gasteiger partial charge in [0.15, 0.2) is 17.1 Å². The smallest absolute Gasteiger partial charge is 0.271 e. The van der Waals surface area contributed by atoms with Gasteiger partial charge in [-0.15, -0.1) is 14.8 Å². The quantitative estimate of drug-likeness (QED) is 0.541. The van der Waals surface area contributed by atoms with E-state index in [4.69, 9.17) is 0 Å². The Morgan fingerprint density at radius 3 is 2.65 bits per heavy atom. The summed E-state index contributed by atoms with van der Waals surface area (Å²) in [6.07, 6.45) is 3.25. The van der Waals surface area contributed by atoms with Crippen LogP contribution in [0.3, 0.4) is 0 Å². The Balaban J connectivity index is 1.44. The van der Waals surface area contributed by atoms with Crippen LogP contribution in [-0.4, -0.2) is 65.2 Å². The first kappa shape index (κ1) is 19.6. The molecule has 5 heterocycles. The van der Waals surface area contributed by atoms with Gasteiger partial charge < -0.3 is 9.72 Å². The lowest BCUT2D eigenvalue weighted by Gasteiger charge is -2.42. The van der Waals surface area contributed by atoms with Gasteiger partial charge in [0.25, 0.3) is 5.91 Å². The normalized spacial score (nSPS) is 15.2. The van der Waals surface area contributed by atoms with Gasteiger partial charge >= 0.3 is 0 Å². The number of carbonyl (C=O) groups is 1. The van der Waals surface area contributed by atoms with Gasteiger partial charge in [0.1, 0.15) is 11.5 Å². The number of amides is 1. The lowest BCUT2D eigenvalue weighted by Crippen LogP contribution is -2.61. The van der Waals surface area contributed by atoms with Crippen molar-refractivity contribution in [1.82, 2.24) is 39.4 Å². The minimum absolute atomic E-state index is 0.0881. The molecule has 0 bridgehead atoms. The molecule has 1 aliphatic rings. The molecule has 0 radical (unpaired) electrons. The Labute approximate surface area is 177 Å². The van der Waals surface area contributed by atoms with Crippen molar-refractivity contribution < 1.29 is 9.18 Å². The van der Waals surface area contributed by atoms with E-state index in [2.05, 4.69) is 44.2 Å². The molecule has 9 nitrogen and oxygen atoms in total. The van der Waals surface area contributed by atoms with Crippen LogP contribution < -0.4 is 5.32 Å². The highest BCUT2D eigenvalue weighted by Gasteiger charge is 2.30. The number of aryl methyl sites for hydroxylation is 2. The molecular weight excluding hydrogens is 399 g/mol. The average Bonchev–Trinajstić information content (AvgIpc) is 3.27. The molecule has 4 aromatic rings. The van der Waals surface area contributed by atoms with Crippen LogP contribution in [0.15, 0.2) is 24.5 Å². The van der Waals surface area contributed by atoms with Gasteiger partial charge in [-0.1, -0.05) is 0 Å².